The smallest absolute Gasteiger partial charge is 0.350 e. The molecule has 0 radical (unpaired) electrons. The summed E-state index contributed by atoms with van der Waals surface area (Å²) in [6.07, 6.45) is 0.751. The molecular weight excluding hydrogens is 482 g/mol. The number of aliphatic hydroxyl groups excluding tert-OH is 1. The van der Waals surface area contributed by atoms with Crippen LogP contribution in [0.1, 0.15) is 6.92 Å². The van der Waals surface area contributed by atoms with Crippen molar-refractivity contribution in [1.82, 2.24) is 14.5 Å². The second-order valence-corrected chi connectivity index (χ2v) is 10.00. The molecule has 0 saturated carbocycles. The van der Waals surface area contributed by atoms with Crippen molar-refractivity contribution >= 4 is 40.1 Å². The largest absolute Gasteiger partial charge is 0.375 e. The Bertz CT molecular complexity index is 1370. The van der Waals surface area contributed by atoms with Gasteiger partial charge in [-0.2, -0.15) is 4.98 Å². The molecule has 0 amide bonds. The molecule has 10 heteroatoms. The van der Waals surface area contributed by atoms with Crippen LogP contribution in [0.2, 0.25) is 5.02 Å². The van der Waals surface area contributed by atoms with Crippen molar-refractivity contribution in [2.75, 3.05) is 30.3 Å². The Morgan fingerprint density at radius 2 is 2.09 bits per heavy atom. The van der Waals surface area contributed by atoms with Crippen molar-refractivity contribution in [2.24, 2.45) is 0 Å². The van der Waals surface area contributed by atoms with E-state index in [1.807, 2.05) is 16.7 Å². The van der Waals surface area contributed by atoms with Gasteiger partial charge in [0, 0.05) is 65.4 Å². The third-order valence-corrected chi connectivity index (χ3v) is 7.80. The summed E-state index contributed by atoms with van der Waals surface area (Å²) in [6, 6.07) is 5.09. The molecule has 2 atom stereocenters. The normalized spacial score (nSPS) is 19.4. The maximum atomic E-state index is 14.8. The van der Waals surface area contributed by atoms with E-state index in [2.05, 4.69) is 11.6 Å². The van der Waals surface area contributed by atoms with Crippen LogP contribution < -0.4 is 10.6 Å². The quantitative estimate of drug-likeness (QED) is 0.539. The molecule has 0 spiro atoms. The van der Waals surface area contributed by atoms with E-state index in [0.717, 1.165) is 6.07 Å². The highest BCUT2D eigenvalue weighted by Gasteiger charge is 2.31. The van der Waals surface area contributed by atoms with Crippen LogP contribution in [0.25, 0.3) is 22.0 Å². The van der Waals surface area contributed by atoms with E-state index in [0.29, 0.717) is 64.1 Å². The third kappa shape index (κ3) is 3.80. The first-order valence-electron chi connectivity index (χ1n) is 11.0. The molecule has 178 valence electrons. The van der Waals surface area contributed by atoms with Gasteiger partial charge in [-0.25, -0.2) is 13.6 Å². The zero-order valence-electron chi connectivity index (χ0n) is 18.5. The van der Waals surface area contributed by atoms with Crippen LogP contribution in [0.3, 0.4) is 0 Å². The molecule has 0 bridgehead atoms. The molecule has 2 aliphatic heterocycles. The van der Waals surface area contributed by atoms with Gasteiger partial charge in [0.2, 0.25) is 0 Å². The van der Waals surface area contributed by atoms with Gasteiger partial charge >= 0.3 is 5.69 Å². The molecule has 1 N–H and O–H groups in total. The molecule has 1 saturated heterocycles. The zero-order chi connectivity index (χ0) is 24.1. The molecule has 2 aliphatic rings. The predicted octanol–water partition coefficient (Wildman–Crippen LogP) is 4.12. The van der Waals surface area contributed by atoms with Gasteiger partial charge < -0.3 is 10.0 Å². The number of anilines is 1. The number of aromatic nitrogens is 2. The molecule has 1 fully saturated rings. The number of hydrogen-bond donors (Lipinski definition) is 1. The molecule has 0 aliphatic carbocycles. The van der Waals surface area contributed by atoms with Crippen molar-refractivity contribution in [3.8, 4) is 11.1 Å². The maximum absolute atomic E-state index is 14.8. The summed E-state index contributed by atoms with van der Waals surface area (Å²) in [6.45, 7) is 7.81. The van der Waals surface area contributed by atoms with Gasteiger partial charge in [-0.3, -0.25) is 9.47 Å². The molecule has 2 aromatic carbocycles. The van der Waals surface area contributed by atoms with E-state index in [1.54, 1.807) is 10.6 Å². The second kappa shape index (κ2) is 8.96. The first-order chi connectivity index (χ1) is 16.3. The minimum Gasteiger partial charge on any atom is -0.375 e. The first-order valence-corrected chi connectivity index (χ1v) is 12.3. The lowest BCUT2D eigenvalue weighted by Crippen LogP contribution is -2.55. The fourth-order valence-electron chi connectivity index (χ4n) is 4.80. The lowest BCUT2D eigenvalue weighted by atomic mass is 10.0. The van der Waals surface area contributed by atoms with Gasteiger partial charge in [-0.15, -0.1) is 11.8 Å². The van der Waals surface area contributed by atoms with Crippen molar-refractivity contribution in [3.63, 3.8) is 0 Å². The summed E-state index contributed by atoms with van der Waals surface area (Å²) in [4.78, 5) is 22.1. The number of benzene rings is 2. The molecule has 3 heterocycles. The van der Waals surface area contributed by atoms with Crippen molar-refractivity contribution in [1.29, 1.82) is 0 Å². The van der Waals surface area contributed by atoms with E-state index in [-0.39, 0.29) is 17.3 Å². The van der Waals surface area contributed by atoms with Crippen LogP contribution in [0.15, 0.2) is 46.6 Å². The van der Waals surface area contributed by atoms with Crippen LogP contribution in [0.4, 0.5) is 14.6 Å². The standard InChI is InChI=1S/C24H23ClF2N4O2S/c1-3-19(32)29-6-7-30(13(2)12-29)23-16-11-17(25)20(15-5-4-14(26)10-18(15)27)22-21(16)31(8-9-34-22)24(33)28-23/h3-5,10-11,13,19,32H,1,6-9,12H2,2H3/t13-,19?/m0/s1. The van der Waals surface area contributed by atoms with Crippen LogP contribution in [0, 0.1) is 11.6 Å². The van der Waals surface area contributed by atoms with Crippen LogP contribution in [-0.4, -0.2) is 57.2 Å². The second-order valence-electron chi connectivity index (χ2n) is 8.49. The topological polar surface area (TPSA) is 61.6 Å². The molecule has 3 aromatic rings. The van der Waals surface area contributed by atoms with Crippen LogP contribution in [0.5, 0.6) is 0 Å². The van der Waals surface area contributed by atoms with Gasteiger partial charge in [0.05, 0.1) is 10.5 Å². The molecule has 5 rings (SSSR count). The summed E-state index contributed by atoms with van der Waals surface area (Å²) in [5.41, 5.74) is 0.928. The highest BCUT2D eigenvalue weighted by atomic mass is 35.5. The van der Waals surface area contributed by atoms with Crippen LogP contribution in [-0.2, 0) is 6.54 Å². The number of rotatable bonds is 4. The number of aliphatic hydroxyl groups is 1. The highest BCUT2D eigenvalue weighted by molar-refractivity contribution is 7.99. The van der Waals surface area contributed by atoms with Gasteiger partial charge in [0.25, 0.3) is 0 Å². The lowest BCUT2D eigenvalue weighted by Gasteiger charge is -2.42. The van der Waals surface area contributed by atoms with E-state index < -0.39 is 17.9 Å². The van der Waals surface area contributed by atoms with E-state index >= 15 is 0 Å². The monoisotopic (exact) mass is 504 g/mol. The number of halogens is 3. The van der Waals surface area contributed by atoms with E-state index in [9.17, 15) is 18.7 Å². The molecule has 6 nitrogen and oxygen atoms in total. The fraction of sp³-hybridized carbons (Fsp3) is 0.333. The predicted molar refractivity (Wildman–Crippen MR) is 132 cm³/mol. The van der Waals surface area contributed by atoms with E-state index in [4.69, 9.17) is 11.6 Å². The number of thioether (sulfide) groups is 1. The number of hydrogen-bond acceptors (Lipinski definition) is 6. The van der Waals surface area contributed by atoms with Crippen molar-refractivity contribution in [3.05, 3.63) is 64.1 Å². The Hall–Kier alpha value is -2.46. The van der Waals surface area contributed by atoms with E-state index in [1.165, 1.54) is 30.0 Å². The Labute approximate surface area is 204 Å². The summed E-state index contributed by atoms with van der Waals surface area (Å²) >= 11 is 8.22. The maximum Gasteiger partial charge on any atom is 0.350 e. The average molecular weight is 505 g/mol. The van der Waals surface area contributed by atoms with Crippen molar-refractivity contribution in [2.45, 2.75) is 30.6 Å². The van der Waals surface area contributed by atoms with Crippen molar-refractivity contribution < 1.29 is 13.9 Å². The van der Waals surface area contributed by atoms with Gasteiger partial charge in [0.1, 0.15) is 23.7 Å². The Morgan fingerprint density at radius 3 is 2.79 bits per heavy atom. The first kappa shape index (κ1) is 23.3. The number of aryl methyl sites for hydroxylation is 1. The summed E-state index contributed by atoms with van der Waals surface area (Å²) in [5.74, 6) is -0.253. The highest BCUT2D eigenvalue weighted by Crippen LogP contribution is 2.46. The van der Waals surface area contributed by atoms with Gasteiger partial charge in [-0.1, -0.05) is 18.2 Å². The minimum absolute atomic E-state index is 0.0404. The third-order valence-electron chi connectivity index (χ3n) is 6.43. The molecule has 34 heavy (non-hydrogen) atoms. The Kier molecular flexibility index (Phi) is 6.14. The lowest BCUT2D eigenvalue weighted by molar-refractivity contribution is 0.0296. The molecular formula is C24H23ClF2N4O2S. The molecule has 1 aromatic heterocycles. The fourth-order valence-corrected chi connectivity index (χ4v) is 6.36. The van der Waals surface area contributed by atoms with Gasteiger partial charge in [0.15, 0.2) is 0 Å². The zero-order valence-corrected chi connectivity index (χ0v) is 20.0. The number of nitrogens with zero attached hydrogens (tertiary/aromatic N) is 4. The summed E-state index contributed by atoms with van der Waals surface area (Å²) in [7, 11) is 0. The Morgan fingerprint density at radius 1 is 1.29 bits per heavy atom. The summed E-state index contributed by atoms with van der Waals surface area (Å²) in [5, 5.41) is 11.2. The Balaban J connectivity index is 1.70. The SMILES string of the molecule is C=CC(O)N1CCN(c2nc(=O)n3c4c(c(-c5ccc(F)cc5F)c(Cl)cc24)SCC3)[C@@H](C)C1. The van der Waals surface area contributed by atoms with Gasteiger partial charge in [-0.05, 0) is 31.2 Å². The van der Waals surface area contributed by atoms with Crippen LogP contribution >= 0.6 is 23.4 Å². The number of piperazine rings is 1. The molecule has 1 unspecified atom stereocenters. The average Bonchev–Trinajstić information content (AvgIpc) is 2.81. The summed E-state index contributed by atoms with van der Waals surface area (Å²) < 4.78 is 29.9. The minimum atomic E-state index is -0.737.